The average molecular weight is 365 g/mol. The first-order valence-electron chi connectivity index (χ1n) is 8.08. The van der Waals surface area contributed by atoms with Crippen molar-refractivity contribution in [2.24, 2.45) is 0 Å². The predicted octanol–water partition coefficient (Wildman–Crippen LogP) is 4.11. The highest BCUT2D eigenvalue weighted by Crippen LogP contribution is 2.29. The van der Waals surface area contributed by atoms with E-state index in [-0.39, 0.29) is 12.6 Å². The van der Waals surface area contributed by atoms with Gasteiger partial charge in [0.05, 0.1) is 5.56 Å². The molecular formula is C19H22F3N3O. The van der Waals surface area contributed by atoms with Crippen molar-refractivity contribution < 1.29 is 18.0 Å². The van der Waals surface area contributed by atoms with Gasteiger partial charge < -0.3 is 15.1 Å². The highest BCUT2D eigenvalue weighted by Gasteiger charge is 2.30. The number of nitrogens with zero attached hydrogens (tertiary/aromatic N) is 2. The molecule has 0 aliphatic carbocycles. The highest BCUT2D eigenvalue weighted by atomic mass is 19.4. The number of nitrogens with one attached hydrogen (secondary N) is 1. The first-order valence-corrected chi connectivity index (χ1v) is 8.08. The average Bonchev–Trinajstić information content (AvgIpc) is 2.59. The van der Waals surface area contributed by atoms with Crippen molar-refractivity contribution in [3.05, 3.63) is 65.2 Å². The third kappa shape index (κ3) is 5.40. The number of halogens is 3. The zero-order valence-corrected chi connectivity index (χ0v) is 15.0. The second kappa shape index (κ2) is 8.12. The second-order valence-electron chi connectivity index (χ2n) is 6.27. The van der Waals surface area contributed by atoms with Gasteiger partial charge in [-0.1, -0.05) is 24.3 Å². The molecule has 2 aromatic rings. The third-order valence-corrected chi connectivity index (χ3v) is 3.92. The number of anilines is 1. The maximum atomic E-state index is 12.7. The summed E-state index contributed by atoms with van der Waals surface area (Å²) < 4.78 is 38.2. The molecule has 2 amide bonds. The fourth-order valence-corrected chi connectivity index (χ4v) is 2.42. The first-order chi connectivity index (χ1) is 12.2. The lowest BCUT2D eigenvalue weighted by atomic mass is 10.1. The van der Waals surface area contributed by atoms with E-state index in [1.807, 2.05) is 43.3 Å². The van der Waals surface area contributed by atoms with Crippen molar-refractivity contribution in [1.29, 1.82) is 0 Å². The fraction of sp³-hybridized carbons (Fsp3) is 0.316. The summed E-state index contributed by atoms with van der Waals surface area (Å²) in [6.07, 6.45) is -4.39. The van der Waals surface area contributed by atoms with Gasteiger partial charge in [-0.15, -0.1) is 0 Å². The lowest BCUT2D eigenvalue weighted by Crippen LogP contribution is -2.36. The topological polar surface area (TPSA) is 35.6 Å². The molecule has 2 aromatic carbocycles. The van der Waals surface area contributed by atoms with Gasteiger partial charge in [-0.2, -0.15) is 13.2 Å². The van der Waals surface area contributed by atoms with Crippen LogP contribution < -0.4 is 10.2 Å². The van der Waals surface area contributed by atoms with Crippen molar-refractivity contribution in [1.82, 2.24) is 10.2 Å². The van der Waals surface area contributed by atoms with Crippen LogP contribution in [0.15, 0.2) is 48.5 Å². The quantitative estimate of drug-likeness (QED) is 0.865. The molecular weight excluding hydrogens is 343 g/mol. The standard InChI is InChI=1S/C19H22F3N3O/c1-24(2)17-9-7-14(8-10-17)13-25(3)18(26)23-12-15-5-4-6-16(11-15)19(20,21)22/h4-11H,12-13H2,1-3H3,(H,23,26). The van der Waals surface area contributed by atoms with Gasteiger partial charge in [0.25, 0.3) is 0 Å². The monoisotopic (exact) mass is 365 g/mol. The van der Waals surface area contributed by atoms with E-state index in [0.29, 0.717) is 12.1 Å². The van der Waals surface area contributed by atoms with Gasteiger partial charge in [-0.25, -0.2) is 4.79 Å². The van der Waals surface area contributed by atoms with Crippen LogP contribution in [0.5, 0.6) is 0 Å². The number of urea groups is 1. The molecule has 0 saturated carbocycles. The molecule has 0 fully saturated rings. The van der Waals surface area contributed by atoms with Gasteiger partial charge in [0.15, 0.2) is 0 Å². The maximum absolute atomic E-state index is 12.7. The second-order valence-corrected chi connectivity index (χ2v) is 6.27. The summed E-state index contributed by atoms with van der Waals surface area (Å²) in [5.74, 6) is 0. The number of hydrogen-bond acceptors (Lipinski definition) is 2. The molecule has 26 heavy (non-hydrogen) atoms. The van der Waals surface area contributed by atoms with Crippen LogP contribution in [0.4, 0.5) is 23.7 Å². The number of hydrogen-bond donors (Lipinski definition) is 1. The van der Waals surface area contributed by atoms with Crippen LogP contribution in [0.1, 0.15) is 16.7 Å². The zero-order valence-electron chi connectivity index (χ0n) is 15.0. The van der Waals surface area contributed by atoms with E-state index in [2.05, 4.69) is 5.32 Å². The molecule has 4 nitrogen and oxygen atoms in total. The maximum Gasteiger partial charge on any atom is 0.416 e. The molecule has 0 atom stereocenters. The minimum atomic E-state index is -4.39. The Morgan fingerprint density at radius 2 is 1.65 bits per heavy atom. The van der Waals surface area contributed by atoms with E-state index in [0.717, 1.165) is 23.4 Å². The minimum absolute atomic E-state index is 0.0344. The van der Waals surface area contributed by atoms with Gasteiger partial charge in [0, 0.05) is 39.9 Å². The van der Waals surface area contributed by atoms with Crippen LogP contribution in [-0.4, -0.2) is 32.1 Å². The predicted molar refractivity (Wildman–Crippen MR) is 95.9 cm³/mol. The first kappa shape index (κ1) is 19.6. The van der Waals surface area contributed by atoms with Crippen LogP contribution >= 0.6 is 0 Å². The summed E-state index contributed by atoms with van der Waals surface area (Å²) in [4.78, 5) is 15.6. The SMILES string of the molecule is CN(Cc1ccc(N(C)C)cc1)C(=O)NCc1cccc(C(F)(F)F)c1. The molecule has 0 unspecified atom stereocenters. The van der Waals surface area contributed by atoms with Crippen LogP contribution in [-0.2, 0) is 19.3 Å². The van der Waals surface area contributed by atoms with Gasteiger partial charge in [0.2, 0.25) is 0 Å². The lowest BCUT2D eigenvalue weighted by Gasteiger charge is -2.19. The highest BCUT2D eigenvalue weighted by molar-refractivity contribution is 5.73. The number of amides is 2. The molecule has 1 N–H and O–H groups in total. The van der Waals surface area contributed by atoms with E-state index in [1.54, 1.807) is 13.1 Å². The molecule has 0 spiro atoms. The molecule has 0 bridgehead atoms. The largest absolute Gasteiger partial charge is 0.416 e. The van der Waals surface area contributed by atoms with E-state index < -0.39 is 11.7 Å². The smallest absolute Gasteiger partial charge is 0.378 e. The van der Waals surface area contributed by atoms with Gasteiger partial charge in [-0.05, 0) is 35.4 Å². The minimum Gasteiger partial charge on any atom is -0.378 e. The van der Waals surface area contributed by atoms with E-state index >= 15 is 0 Å². The number of rotatable bonds is 5. The number of carbonyl (C=O) groups excluding carboxylic acids is 1. The van der Waals surface area contributed by atoms with Gasteiger partial charge >= 0.3 is 12.2 Å². The van der Waals surface area contributed by atoms with Gasteiger partial charge in [-0.3, -0.25) is 0 Å². The van der Waals surface area contributed by atoms with Crippen LogP contribution in [0.2, 0.25) is 0 Å². The number of alkyl halides is 3. The van der Waals surface area contributed by atoms with E-state index in [1.165, 1.54) is 11.0 Å². The molecule has 140 valence electrons. The van der Waals surface area contributed by atoms with Crippen molar-refractivity contribution in [2.75, 3.05) is 26.0 Å². The van der Waals surface area contributed by atoms with Crippen LogP contribution in [0.3, 0.4) is 0 Å². The van der Waals surface area contributed by atoms with Crippen molar-refractivity contribution in [3.8, 4) is 0 Å². The van der Waals surface area contributed by atoms with Crippen molar-refractivity contribution in [3.63, 3.8) is 0 Å². The number of carbonyl (C=O) groups is 1. The zero-order chi connectivity index (χ0) is 19.3. The molecule has 0 radical (unpaired) electrons. The van der Waals surface area contributed by atoms with Crippen LogP contribution in [0.25, 0.3) is 0 Å². The Morgan fingerprint density at radius 3 is 2.23 bits per heavy atom. The van der Waals surface area contributed by atoms with E-state index in [4.69, 9.17) is 0 Å². The Hall–Kier alpha value is -2.70. The Kier molecular flexibility index (Phi) is 6.13. The molecule has 0 aliphatic rings. The van der Waals surface area contributed by atoms with Gasteiger partial charge in [0.1, 0.15) is 0 Å². The summed E-state index contributed by atoms with van der Waals surface area (Å²) in [6.45, 7) is 0.439. The molecule has 2 rings (SSSR count). The molecule has 7 heteroatoms. The Morgan fingerprint density at radius 1 is 1.00 bits per heavy atom. The Labute approximate surface area is 151 Å². The van der Waals surface area contributed by atoms with Crippen molar-refractivity contribution >= 4 is 11.7 Å². The lowest BCUT2D eigenvalue weighted by molar-refractivity contribution is -0.137. The normalized spacial score (nSPS) is 11.2. The Bertz CT molecular complexity index is 742. The molecule has 0 saturated heterocycles. The summed E-state index contributed by atoms with van der Waals surface area (Å²) >= 11 is 0. The number of benzene rings is 2. The van der Waals surface area contributed by atoms with Crippen LogP contribution in [0, 0.1) is 0 Å². The fourth-order valence-electron chi connectivity index (χ4n) is 2.42. The molecule has 0 aromatic heterocycles. The molecule has 0 aliphatic heterocycles. The summed E-state index contributed by atoms with van der Waals surface area (Å²) in [5.41, 5.74) is 1.70. The summed E-state index contributed by atoms with van der Waals surface area (Å²) in [6, 6.07) is 12.4. The van der Waals surface area contributed by atoms with Crippen molar-refractivity contribution in [2.45, 2.75) is 19.3 Å². The van der Waals surface area contributed by atoms with E-state index in [9.17, 15) is 18.0 Å². The third-order valence-electron chi connectivity index (χ3n) is 3.92. The summed E-state index contributed by atoms with van der Waals surface area (Å²) in [7, 11) is 5.53. The summed E-state index contributed by atoms with van der Waals surface area (Å²) in [5, 5.41) is 2.64. The molecule has 0 heterocycles. The Balaban J connectivity index is 1.91.